The highest BCUT2D eigenvalue weighted by molar-refractivity contribution is 5.69. The van der Waals surface area contributed by atoms with Gasteiger partial charge in [0.05, 0.1) is 13.0 Å². The highest BCUT2D eigenvalue weighted by Gasteiger charge is 2.02. The maximum atomic E-state index is 10.9. The highest BCUT2D eigenvalue weighted by atomic mass is 16.7. The Bertz CT molecular complexity index is 325. The Labute approximate surface area is 94.5 Å². The Balaban J connectivity index is 2.29. The van der Waals surface area contributed by atoms with Crippen molar-refractivity contribution in [1.29, 1.82) is 0 Å². The molecule has 0 heterocycles. The molecule has 1 aromatic carbocycles. The van der Waals surface area contributed by atoms with E-state index in [4.69, 9.17) is 10.6 Å². The van der Waals surface area contributed by atoms with Crippen LogP contribution in [0.5, 0.6) is 5.75 Å². The summed E-state index contributed by atoms with van der Waals surface area (Å²) in [6, 6.07) is 7.75. The topological polar surface area (TPSA) is 73.6 Å². The first-order chi connectivity index (χ1) is 7.76. The summed E-state index contributed by atoms with van der Waals surface area (Å²) in [4.78, 5) is 15.2. The summed E-state index contributed by atoms with van der Waals surface area (Å²) in [7, 11) is 0. The fourth-order valence-corrected chi connectivity index (χ4v) is 1.19. The number of hydrazine groups is 1. The average Bonchev–Trinajstić information content (AvgIpc) is 2.30. The molecule has 0 fully saturated rings. The van der Waals surface area contributed by atoms with Crippen LogP contribution < -0.4 is 16.2 Å². The lowest BCUT2D eigenvalue weighted by molar-refractivity contribution is -0.151. The van der Waals surface area contributed by atoms with Gasteiger partial charge in [0.25, 0.3) is 0 Å². The molecule has 0 radical (unpaired) electrons. The molecule has 0 atom stereocenters. The summed E-state index contributed by atoms with van der Waals surface area (Å²) in [6.07, 6.45) is 1.15. The van der Waals surface area contributed by atoms with E-state index in [1.54, 1.807) is 0 Å². The zero-order valence-electron chi connectivity index (χ0n) is 9.23. The maximum absolute atomic E-state index is 10.9. The Kier molecular flexibility index (Phi) is 5.31. The van der Waals surface area contributed by atoms with Crippen LogP contribution in [0.25, 0.3) is 0 Å². The molecule has 88 valence electrons. The molecule has 5 heteroatoms. The minimum atomic E-state index is -0.451. The molecule has 0 aliphatic heterocycles. The second-order valence-electron chi connectivity index (χ2n) is 3.19. The van der Waals surface area contributed by atoms with Gasteiger partial charge in [-0.2, -0.15) is 0 Å². The monoisotopic (exact) mass is 224 g/mol. The molecule has 5 nitrogen and oxygen atoms in total. The zero-order chi connectivity index (χ0) is 11.8. The van der Waals surface area contributed by atoms with Gasteiger partial charge in [0.1, 0.15) is 5.75 Å². The summed E-state index contributed by atoms with van der Waals surface area (Å²) in [5.41, 5.74) is 3.08. The molecule has 0 aromatic heterocycles. The normalized spacial score (nSPS) is 9.88. The van der Waals surface area contributed by atoms with Gasteiger partial charge in [-0.05, 0) is 24.1 Å². The van der Waals surface area contributed by atoms with Gasteiger partial charge in [0, 0.05) is 0 Å². The first-order valence-electron chi connectivity index (χ1n) is 5.13. The van der Waals surface area contributed by atoms with E-state index in [2.05, 4.69) is 11.8 Å². The van der Waals surface area contributed by atoms with Crippen LogP contribution in [0.15, 0.2) is 24.3 Å². The van der Waals surface area contributed by atoms with Crippen molar-refractivity contribution < 1.29 is 14.4 Å². The fraction of sp³-hybridized carbons (Fsp3) is 0.364. The van der Waals surface area contributed by atoms with Crippen molar-refractivity contribution in [2.45, 2.75) is 19.8 Å². The van der Waals surface area contributed by atoms with Crippen molar-refractivity contribution in [3.63, 3.8) is 0 Å². The number of hydrogen-bond acceptors (Lipinski definition) is 5. The van der Waals surface area contributed by atoms with Crippen LogP contribution in [-0.2, 0) is 16.1 Å². The van der Waals surface area contributed by atoms with E-state index in [1.165, 1.54) is 5.56 Å². The van der Waals surface area contributed by atoms with E-state index in [0.29, 0.717) is 0 Å². The molecule has 0 amide bonds. The van der Waals surface area contributed by atoms with Gasteiger partial charge in [-0.1, -0.05) is 24.6 Å². The van der Waals surface area contributed by atoms with Gasteiger partial charge in [0.15, 0.2) is 0 Å². The second kappa shape index (κ2) is 6.81. The van der Waals surface area contributed by atoms with E-state index >= 15 is 0 Å². The van der Waals surface area contributed by atoms with Gasteiger partial charge in [0.2, 0.25) is 0 Å². The number of carbonyl (C=O) groups excluding carboxylic acids is 1. The van der Waals surface area contributed by atoms with Gasteiger partial charge >= 0.3 is 5.97 Å². The Morgan fingerprint density at radius 2 is 2.06 bits per heavy atom. The van der Waals surface area contributed by atoms with Crippen LogP contribution in [0.3, 0.4) is 0 Å². The third-order valence-corrected chi connectivity index (χ3v) is 2.08. The van der Waals surface area contributed by atoms with Gasteiger partial charge in [-0.3, -0.25) is 4.79 Å². The van der Waals surface area contributed by atoms with Crippen LogP contribution in [0.1, 0.15) is 18.9 Å². The lowest BCUT2D eigenvalue weighted by atomic mass is 10.2. The molecule has 0 spiro atoms. The first-order valence-corrected chi connectivity index (χ1v) is 5.13. The molecule has 3 N–H and O–H groups in total. The Morgan fingerprint density at radius 1 is 1.38 bits per heavy atom. The molecule has 0 aliphatic carbocycles. The summed E-state index contributed by atoms with van der Waals surface area (Å²) < 4.78 is 5.35. The summed E-state index contributed by atoms with van der Waals surface area (Å²) in [5, 5.41) is 0. The Morgan fingerprint density at radius 3 is 2.62 bits per heavy atom. The van der Waals surface area contributed by atoms with E-state index in [1.807, 2.05) is 29.9 Å². The molecule has 0 saturated carbocycles. The molecule has 0 bridgehead atoms. The number of aryl methyl sites for hydroxylation is 1. The smallest absolute Gasteiger partial charge is 0.329 e. The quantitative estimate of drug-likeness (QED) is 0.555. The lowest BCUT2D eigenvalue weighted by Gasteiger charge is -2.06. The summed E-state index contributed by atoms with van der Waals surface area (Å²) in [6.45, 7) is 2.36. The number of nitrogens with one attached hydrogen (secondary N) is 1. The average molecular weight is 224 g/mol. The van der Waals surface area contributed by atoms with Crippen molar-refractivity contribution in [2.75, 3.05) is 6.61 Å². The number of carbonyl (C=O) groups is 1. The number of ether oxygens (including phenoxy) is 1. The number of rotatable bonds is 6. The molecular formula is C11H16N2O3. The van der Waals surface area contributed by atoms with Gasteiger partial charge in [-0.25, -0.2) is 5.84 Å². The van der Waals surface area contributed by atoms with Crippen LogP contribution >= 0.6 is 0 Å². The van der Waals surface area contributed by atoms with E-state index in [9.17, 15) is 4.79 Å². The standard InChI is InChI=1S/C11H16N2O3/c1-2-9-3-5-10(6-4-9)15-8-7-11(14)16-13-12/h3-6,13H,2,7-8,12H2,1H3. The third kappa shape index (κ3) is 4.29. The van der Waals surface area contributed by atoms with Gasteiger partial charge in [-0.15, -0.1) is 0 Å². The molecule has 0 unspecified atom stereocenters. The summed E-state index contributed by atoms with van der Waals surface area (Å²) in [5.74, 6) is 5.10. The van der Waals surface area contributed by atoms with Crippen LogP contribution in [0, 0.1) is 0 Å². The third-order valence-electron chi connectivity index (χ3n) is 2.08. The fourth-order valence-electron chi connectivity index (χ4n) is 1.19. The Hall–Kier alpha value is -1.59. The molecule has 0 saturated heterocycles. The van der Waals surface area contributed by atoms with Crippen molar-refractivity contribution >= 4 is 5.97 Å². The second-order valence-corrected chi connectivity index (χ2v) is 3.19. The number of benzene rings is 1. The summed E-state index contributed by atoms with van der Waals surface area (Å²) >= 11 is 0. The van der Waals surface area contributed by atoms with E-state index in [-0.39, 0.29) is 13.0 Å². The van der Waals surface area contributed by atoms with Crippen LogP contribution in [0.4, 0.5) is 0 Å². The molecule has 16 heavy (non-hydrogen) atoms. The molecular weight excluding hydrogens is 208 g/mol. The van der Waals surface area contributed by atoms with Crippen molar-refractivity contribution in [3.05, 3.63) is 29.8 Å². The minimum absolute atomic E-state index is 0.153. The predicted octanol–water partition coefficient (Wildman–Crippen LogP) is 0.939. The minimum Gasteiger partial charge on any atom is -0.493 e. The predicted molar refractivity (Wildman–Crippen MR) is 59.3 cm³/mol. The van der Waals surface area contributed by atoms with Crippen molar-refractivity contribution in [1.82, 2.24) is 5.59 Å². The molecule has 0 aliphatic rings. The zero-order valence-corrected chi connectivity index (χ0v) is 9.23. The number of nitrogens with two attached hydrogens (primary N) is 1. The van der Waals surface area contributed by atoms with Crippen LogP contribution in [0.2, 0.25) is 0 Å². The van der Waals surface area contributed by atoms with Crippen LogP contribution in [-0.4, -0.2) is 12.6 Å². The van der Waals surface area contributed by atoms with Gasteiger partial charge < -0.3 is 9.57 Å². The highest BCUT2D eigenvalue weighted by Crippen LogP contribution is 2.12. The molecule has 1 aromatic rings. The van der Waals surface area contributed by atoms with Crippen molar-refractivity contribution in [3.8, 4) is 5.75 Å². The van der Waals surface area contributed by atoms with Crippen molar-refractivity contribution in [2.24, 2.45) is 5.84 Å². The maximum Gasteiger partial charge on any atom is 0.329 e. The largest absolute Gasteiger partial charge is 0.493 e. The number of hydrogen-bond donors (Lipinski definition) is 2. The first kappa shape index (κ1) is 12.5. The van der Waals surface area contributed by atoms with E-state index in [0.717, 1.165) is 12.2 Å². The lowest BCUT2D eigenvalue weighted by Crippen LogP contribution is -2.26. The molecule has 1 rings (SSSR count). The SMILES string of the molecule is CCc1ccc(OCCC(=O)ONN)cc1. The van der Waals surface area contributed by atoms with E-state index < -0.39 is 5.97 Å².